The summed E-state index contributed by atoms with van der Waals surface area (Å²) < 4.78 is 46.6. The summed E-state index contributed by atoms with van der Waals surface area (Å²) in [4.78, 5) is 0. The van der Waals surface area contributed by atoms with Crippen LogP contribution in [0.15, 0.2) is 0 Å². The predicted molar refractivity (Wildman–Crippen MR) is 61.8 cm³/mol. The molecule has 7 heteroatoms. The van der Waals surface area contributed by atoms with Crippen molar-refractivity contribution >= 4 is 19.9 Å². The summed E-state index contributed by atoms with van der Waals surface area (Å²) in [5, 5.41) is -0.867. The van der Waals surface area contributed by atoms with E-state index in [1.54, 1.807) is 0 Å². The van der Waals surface area contributed by atoms with E-state index in [1.807, 2.05) is 0 Å². The van der Waals surface area contributed by atoms with Gasteiger partial charge in [0.2, 0.25) is 10.0 Å². The third kappa shape index (κ3) is 4.51. The Morgan fingerprint density at radius 1 is 1.31 bits per heavy atom. The molecule has 0 amide bonds. The van der Waals surface area contributed by atoms with Crippen molar-refractivity contribution in [2.75, 3.05) is 24.4 Å². The average Bonchev–Trinajstić information content (AvgIpc) is 2.82. The molecule has 0 heterocycles. The summed E-state index contributed by atoms with van der Waals surface area (Å²) in [5.41, 5.74) is 0. The van der Waals surface area contributed by atoms with Crippen LogP contribution in [0, 0.1) is 18.3 Å². The van der Waals surface area contributed by atoms with E-state index in [4.69, 9.17) is 6.42 Å². The highest BCUT2D eigenvalue weighted by Gasteiger charge is 2.32. The maximum atomic E-state index is 11.8. The zero-order valence-electron chi connectivity index (χ0n) is 9.09. The number of terminal acetylenes is 1. The van der Waals surface area contributed by atoms with E-state index < -0.39 is 24.9 Å². The highest BCUT2D eigenvalue weighted by molar-refractivity contribution is 8.06. The standard InChI is InChI=1S/C9H15NO4S2/c1-3-6-10(7-9-4-5-9)16(13,14)8-15(2,11)12/h1,9H,4-8H2,2H3. The molecule has 92 valence electrons. The maximum absolute atomic E-state index is 11.8. The SMILES string of the molecule is C#CCN(CC1CC1)S(=O)(=O)CS(C)(=O)=O. The van der Waals surface area contributed by atoms with Gasteiger partial charge in [-0.15, -0.1) is 6.42 Å². The van der Waals surface area contributed by atoms with E-state index in [0.29, 0.717) is 12.5 Å². The zero-order chi connectivity index (χ0) is 12.4. The van der Waals surface area contributed by atoms with Crippen molar-refractivity contribution in [3.63, 3.8) is 0 Å². The molecule has 0 atom stereocenters. The fourth-order valence-electron chi connectivity index (χ4n) is 1.31. The molecule has 1 aliphatic carbocycles. The quantitative estimate of drug-likeness (QED) is 0.616. The Morgan fingerprint density at radius 3 is 2.25 bits per heavy atom. The van der Waals surface area contributed by atoms with Crippen LogP contribution in [0.25, 0.3) is 0 Å². The van der Waals surface area contributed by atoms with Crippen molar-refractivity contribution in [3.05, 3.63) is 0 Å². The molecule has 1 rings (SSSR count). The Bertz CT molecular complexity index is 482. The van der Waals surface area contributed by atoms with E-state index in [2.05, 4.69) is 5.92 Å². The van der Waals surface area contributed by atoms with Gasteiger partial charge in [-0.05, 0) is 18.8 Å². The van der Waals surface area contributed by atoms with Crippen LogP contribution in [-0.4, -0.2) is 45.6 Å². The zero-order valence-corrected chi connectivity index (χ0v) is 10.7. The molecular weight excluding hydrogens is 250 g/mol. The van der Waals surface area contributed by atoms with E-state index in [1.165, 1.54) is 0 Å². The Hall–Kier alpha value is -0.580. The highest BCUT2D eigenvalue weighted by atomic mass is 32.3. The number of sulfonamides is 1. The average molecular weight is 265 g/mol. The molecule has 0 saturated heterocycles. The molecule has 0 aromatic heterocycles. The summed E-state index contributed by atoms with van der Waals surface area (Å²) >= 11 is 0. The molecular formula is C9H15NO4S2. The van der Waals surface area contributed by atoms with Crippen molar-refractivity contribution in [1.29, 1.82) is 0 Å². The van der Waals surface area contributed by atoms with E-state index in [9.17, 15) is 16.8 Å². The number of hydrogen-bond donors (Lipinski definition) is 0. The molecule has 0 bridgehead atoms. The van der Waals surface area contributed by atoms with Crippen LogP contribution in [0.3, 0.4) is 0 Å². The lowest BCUT2D eigenvalue weighted by atomic mass is 10.4. The third-order valence-corrected chi connectivity index (χ3v) is 6.15. The minimum Gasteiger partial charge on any atom is -0.228 e. The summed E-state index contributed by atoms with van der Waals surface area (Å²) in [6, 6.07) is 0. The smallest absolute Gasteiger partial charge is 0.228 e. The van der Waals surface area contributed by atoms with E-state index in [-0.39, 0.29) is 6.54 Å². The van der Waals surface area contributed by atoms with Crippen molar-refractivity contribution in [1.82, 2.24) is 4.31 Å². The van der Waals surface area contributed by atoms with Crippen LogP contribution in [-0.2, 0) is 19.9 Å². The topological polar surface area (TPSA) is 71.5 Å². The number of hydrogen-bond acceptors (Lipinski definition) is 4. The third-order valence-electron chi connectivity index (χ3n) is 2.18. The minimum atomic E-state index is -3.79. The Kier molecular flexibility index (Phi) is 3.99. The van der Waals surface area contributed by atoms with Gasteiger partial charge in [-0.1, -0.05) is 5.92 Å². The molecule has 0 N–H and O–H groups in total. The summed E-state index contributed by atoms with van der Waals surface area (Å²) in [7, 11) is -7.35. The first-order valence-corrected chi connectivity index (χ1v) is 8.50. The summed E-state index contributed by atoms with van der Waals surface area (Å²) in [6.45, 7) is 0.274. The molecule has 0 radical (unpaired) electrons. The molecule has 0 aromatic carbocycles. The van der Waals surface area contributed by atoms with Gasteiger partial charge in [0.15, 0.2) is 14.9 Å². The van der Waals surface area contributed by atoms with Gasteiger partial charge >= 0.3 is 0 Å². The van der Waals surface area contributed by atoms with Gasteiger partial charge < -0.3 is 0 Å². The summed E-state index contributed by atoms with van der Waals surface area (Å²) in [6.07, 6.45) is 7.94. The first-order valence-electron chi connectivity index (χ1n) is 4.83. The van der Waals surface area contributed by atoms with Crippen LogP contribution in [0.5, 0.6) is 0 Å². The van der Waals surface area contributed by atoms with Crippen molar-refractivity contribution < 1.29 is 16.8 Å². The normalized spacial score (nSPS) is 17.3. The maximum Gasteiger partial charge on any atom is 0.229 e. The second-order valence-corrected chi connectivity index (χ2v) is 8.57. The lowest BCUT2D eigenvalue weighted by Gasteiger charge is -2.18. The molecule has 16 heavy (non-hydrogen) atoms. The molecule has 1 fully saturated rings. The predicted octanol–water partition coefficient (Wildman–Crippen LogP) is -0.336. The first kappa shape index (κ1) is 13.5. The fraction of sp³-hybridized carbons (Fsp3) is 0.778. The lowest BCUT2D eigenvalue weighted by molar-refractivity contribution is 0.433. The van der Waals surface area contributed by atoms with Crippen LogP contribution >= 0.6 is 0 Å². The molecule has 1 saturated carbocycles. The molecule has 0 unspecified atom stereocenters. The molecule has 5 nitrogen and oxygen atoms in total. The van der Waals surface area contributed by atoms with Crippen molar-refractivity contribution in [2.24, 2.45) is 5.92 Å². The first-order chi connectivity index (χ1) is 7.24. The van der Waals surface area contributed by atoms with Crippen LogP contribution in [0.2, 0.25) is 0 Å². The van der Waals surface area contributed by atoms with Crippen molar-refractivity contribution in [3.8, 4) is 12.3 Å². The fourth-order valence-corrected chi connectivity index (χ4v) is 4.78. The van der Waals surface area contributed by atoms with Gasteiger partial charge in [0, 0.05) is 12.8 Å². The van der Waals surface area contributed by atoms with Gasteiger partial charge in [-0.2, -0.15) is 4.31 Å². The second-order valence-electron chi connectivity index (χ2n) is 4.10. The van der Waals surface area contributed by atoms with Gasteiger partial charge in [0.25, 0.3) is 0 Å². The highest BCUT2D eigenvalue weighted by Crippen LogP contribution is 2.30. The largest absolute Gasteiger partial charge is 0.229 e. The van der Waals surface area contributed by atoms with E-state index >= 15 is 0 Å². The van der Waals surface area contributed by atoms with Gasteiger partial charge in [0.1, 0.15) is 0 Å². The minimum absolute atomic E-state index is 0.0612. The van der Waals surface area contributed by atoms with Crippen LogP contribution < -0.4 is 0 Å². The monoisotopic (exact) mass is 265 g/mol. The Balaban J connectivity index is 2.79. The molecule has 0 spiro atoms. The Labute approximate surface area is 96.8 Å². The number of nitrogens with zero attached hydrogens (tertiary/aromatic N) is 1. The molecule has 0 aliphatic heterocycles. The number of rotatable bonds is 6. The summed E-state index contributed by atoms with van der Waals surface area (Å²) in [5.74, 6) is 2.58. The Morgan fingerprint density at radius 2 is 1.88 bits per heavy atom. The van der Waals surface area contributed by atoms with Crippen molar-refractivity contribution in [2.45, 2.75) is 12.8 Å². The lowest BCUT2D eigenvalue weighted by Crippen LogP contribution is -2.37. The van der Waals surface area contributed by atoms with Gasteiger partial charge in [-0.3, -0.25) is 0 Å². The molecule has 0 aromatic rings. The molecule has 1 aliphatic rings. The second kappa shape index (κ2) is 4.73. The van der Waals surface area contributed by atoms with E-state index in [0.717, 1.165) is 23.4 Å². The van der Waals surface area contributed by atoms with Crippen LogP contribution in [0.4, 0.5) is 0 Å². The van der Waals surface area contributed by atoms with Gasteiger partial charge in [0.05, 0.1) is 6.54 Å². The number of sulfone groups is 1. The van der Waals surface area contributed by atoms with Gasteiger partial charge in [-0.25, -0.2) is 16.8 Å². The van der Waals surface area contributed by atoms with Crippen LogP contribution in [0.1, 0.15) is 12.8 Å².